The molecule has 1 saturated heterocycles. The zero-order valence-electron chi connectivity index (χ0n) is 31.6. The minimum Gasteiger partial charge on any atom is -0.481 e. The minimum absolute atomic E-state index is 0.00652. The molecule has 0 aliphatic carbocycles. The lowest BCUT2D eigenvalue weighted by Gasteiger charge is -2.39. The molecule has 1 fully saturated rings. The molecule has 13 nitrogen and oxygen atoms in total. The van der Waals surface area contributed by atoms with Crippen LogP contribution in [-0.2, 0) is 33.4 Å². The quantitative estimate of drug-likeness (QED) is 0.160. The van der Waals surface area contributed by atoms with Crippen LogP contribution in [0.3, 0.4) is 0 Å². The predicted molar refractivity (Wildman–Crippen MR) is 191 cm³/mol. The Hall–Kier alpha value is -3.55. The largest absolute Gasteiger partial charge is 0.481 e. The topological polar surface area (TPSA) is 167 Å². The second-order valence-corrected chi connectivity index (χ2v) is 13.9. The van der Waals surface area contributed by atoms with Crippen molar-refractivity contribution in [3.63, 3.8) is 0 Å². The van der Waals surface area contributed by atoms with E-state index in [0.29, 0.717) is 18.5 Å². The van der Waals surface area contributed by atoms with Crippen molar-refractivity contribution in [3.8, 4) is 0 Å². The summed E-state index contributed by atoms with van der Waals surface area (Å²) in [5, 5.41) is 18.5. The molecule has 4 N–H and O–H groups in total. The first-order valence-corrected chi connectivity index (χ1v) is 17.8. The number of amides is 4. The van der Waals surface area contributed by atoms with Gasteiger partial charge in [0.1, 0.15) is 5.92 Å². The van der Waals surface area contributed by atoms with Crippen LogP contribution in [-0.4, -0.2) is 122 Å². The van der Waals surface area contributed by atoms with E-state index in [1.54, 1.807) is 68.1 Å². The average Bonchev–Trinajstić information content (AvgIpc) is 3.57. The lowest BCUT2D eigenvalue weighted by molar-refractivity contribution is -0.146. The Morgan fingerprint density at radius 1 is 1.00 bits per heavy atom. The van der Waals surface area contributed by atoms with Crippen LogP contribution in [0.1, 0.15) is 78.7 Å². The molecule has 50 heavy (non-hydrogen) atoms. The predicted octanol–water partition coefficient (Wildman–Crippen LogP) is 2.64. The number of carbonyl (C=O) groups excluding carboxylic acids is 4. The van der Waals surface area contributed by atoms with Gasteiger partial charge in [-0.05, 0) is 44.2 Å². The van der Waals surface area contributed by atoms with Crippen molar-refractivity contribution in [1.82, 2.24) is 25.8 Å². The molecule has 2 rings (SSSR count). The molecule has 1 aromatic carbocycles. The third-order valence-electron chi connectivity index (χ3n) is 10.3. The lowest BCUT2D eigenvalue weighted by Crippen LogP contribution is -2.55. The Labute approximate surface area is 298 Å². The van der Waals surface area contributed by atoms with E-state index in [9.17, 15) is 29.1 Å². The van der Waals surface area contributed by atoms with Gasteiger partial charge in [0, 0.05) is 33.9 Å². The van der Waals surface area contributed by atoms with Gasteiger partial charge in [0.2, 0.25) is 23.6 Å². The van der Waals surface area contributed by atoms with Crippen LogP contribution in [0.4, 0.5) is 0 Å². The number of carboxylic acids is 1. The van der Waals surface area contributed by atoms with E-state index in [0.717, 1.165) is 12.8 Å². The summed E-state index contributed by atoms with van der Waals surface area (Å²) in [6.07, 6.45) is 0.830. The number of benzene rings is 1. The third-order valence-corrected chi connectivity index (χ3v) is 10.3. The van der Waals surface area contributed by atoms with Gasteiger partial charge in [0.05, 0.1) is 49.2 Å². The highest BCUT2D eigenvalue weighted by Gasteiger charge is 2.42. The maximum atomic E-state index is 14.0. The van der Waals surface area contributed by atoms with E-state index in [1.165, 1.54) is 14.2 Å². The van der Waals surface area contributed by atoms with Gasteiger partial charge >= 0.3 is 5.97 Å². The number of hydrogen-bond donors (Lipinski definition) is 4. The molecule has 13 heteroatoms. The summed E-state index contributed by atoms with van der Waals surface area (Å²) in [4.78, 5) is 69.0. The Kier molecular flexibility index (Phi) is 17.3. The molecule has 1 aliphatic heterocycles. The smallest absolute Gasteiger partial charge is 0.313 e. The summed E-state index contributed by atoms with van der Waals surface area (Å²) >= 11 is 0. The number of rotatable bonds is 20. The van der Waals surface area contributed by atoms with Crippen molar-refractivity contribution in [3.05, 3.63) is 35.9 Å². The number of hydrogen-bond acceptors (Lipinski definition) is 8. The number of nitrogens with one attached hydrogen (secondary N) is 3. The summed E-state index contributed by atoms with van der Waals surface area (Å²) in [7, 11) is 6.42. The van der Waals surface area contributed by atoms with E-state index >= 15 is 0 Å². The molecule has 9 unspecified atom stereocenters. The Morgan fingerprint density at radius 2 is 1.64 bits per heavy atom. The standard InChI is InChI=1S/C37H61N5O8/c1-11-23(4)33(41(8)30(44)21-39-36(46)32(38-7)22(2)3)28(49-9)20-29(43)42-19-15-18-27(42)34(50-10)24(5)35(45)40-25(6)31(37(47)48)26-16-13-12-14-17-26/h12-14,16-17,22-25,27-28,31-34,38H,11,15,18-21H2,1-10H3,(H,39,46)(H,40,45)(H,47,48). The van der Waals surface area contributed by atoms with Crippen molar-refractivity contribution < 1.29 is 38.6 Å². The molecule has 9 atom stereocenters. The van der Waals surface area contributed by atoms with Crippen LogP contribution in [0.5, 0.6) is 0 Å². The number of likely N-dealkylation sites (tertiary alicyclic amines) is 1. The van der Waals surface area contributed by atoms with Gasteiger partial charge in [-0.2, -0.15) is 0 Å². The third kappa shape index (κ3) is 11.0. The number of methoxy groups -OCH3 is 2. The van der Waals surface area contributed by atoms with Crippen LogP contribution < -0.4 is 16.0 Å². The fourth-order valence-corrected chi connectivity index (χ4v) is 7.23. The second-order valence-electron chi connectivity index (χ2n) is 13.9. The first-order valence-electron chi connectivity index (χ1n) is 17.8. The molecule has 0 bridgehead atoms. The first kappa shape index (κ1) is 42.6. The van der Waals surface area contributed by atoms with Crippen molar-refractivity contribution in [1.29, 1.82) is 0 Å². The average molecular weight is 704 g/mol. The Bertz CT molecular complexity index is 1260. The highest BCUT2D eigenvalue weighted by atomic mass is 16.5. The van der Waals surface area contributed by atoms with Crippen LogP contribution in [0.15, 0.2) is 30.3 Å². The van der Waals surface area contributed by atoms with Gasteiger partial charge in [-0.1, -0.05) is 71.4 Å². The van der Waals surface area contributed by atoms with E-state index in [4.69, 9.17) is 9.47 Å². The molecule has 0 spiro atoms. The molecule has 1 aliphatic rings. The van der Waals surface area contributed by atoms with Gasteiger partial charge in [-0.25, -0.2) is 0 Å². The minimum atomic E-state index is -1.04. The molecule has 0 saturated carbocycles. The first-order chi connectivity index (χ1) is 23.6. The Morgan fingerprint density at radius 3 is 2.16 bits per heavy atom. The number of carboxylic acid groups (broad SMARTS) is 1. The van der Waals surface area contributed by atoms with Crippen LogP contribution in [0, 0.1) is 17.8 Å². The molecule has 0 aromatic heterocycles. The summed E-state index contributed by atoms with van der Waals surface area (Å²) in [6.45, 7) is 11.6. The molecular weight excluding hydrogens is 642 g/mol. The number of aliphatic carboxylic acids is 1. The van der Waals surface area contributed by atoms with E-state index in [1.807, 2.05) is 27.7 Å². The summed E-state index contributed by atoms with van der Waals surface area (Å²) in [5.41, 5.74) is 0.588. The fraction of sp³-hybridized carbons (Fsp3) is 0.703. The monoisotopic (exact) mass is 703 g/mol. The van der Waals surface area contributed by atoms with Gasteiger partial charge in [0.15, 0.2) is 0 Å². The zero-order chi connectivity index (χ0) is 37.7. The SMILES string of the molecule is CCC(C)C(C(CC(=O)N1CCCC1C(OC)C(C)C(=O)NC(C)C(C(=O)O)c1ccccc1)OC)N(C)C(=O)CNC(=O)C(NC)C(C)C. The number of likely N-dealkylation sites (N-methyl/N-ethyl adjacent to an activating group) is 2. The van der Waals surface area contributed by atoms with Gasteiger partial charge in [-0.3, -0.25) is 24.0 Å². The molecule has 1 aromatic rings. The Balaban J connectivity index is 2.18. The molecular formula is C37H61N5O8. The van der Waals surface area contributed by atoms with Gasteiger partial charge < -0.3 is 40.3 Å². The van der Waals surface area contributed by atoms with E-state index in [-0.39, 0.29) is 54.5 Å². The summed E-state index contributed by atoms with van der Waals surface area (Å²) < 4.78 is 11.8. The van der Waals surface area contributed by atoms with Crippen molar-refractivity contribution in [2.24, 2.45) is 17.8 Å². The number of carbonyl (C=O) groups is 5. The number of nitrogens with zero attached hydrogens (tertiary/aromatic N) is 2. The molecule has 282 valence electrons. The zero-order valence-corrected chi connectivity index (χ0v) is 31.6. The van der Waals surface area contributed by atoms with Crippen LogP contribution in [0.2, 0.25) is 0 Å². The summed E-state index contributed by atoms with van der Waals surface area (Å²) in [5.74, 6) is -3.72. The maximum Gasteiger partial charge on any atom is 0.313 e. The molecule has 4 amide bonds. The molecule has 0 radical (unpaired) electrons. The summed E-state index contributed by atoms with van der Waals surface area (Å²) in [6, 6.07) is 6.82. The maximum absolute atomic E-state index is 14.0. The lowest BCUT2D eigenvalue weighted by atomic mass is 9.90. The van der Waals surface area contributed by atoms with Crippen molar-refractivity contribution in [2.45, 2.75) is 110 Å². The van der Waals surface area contributed by atoms with Gasteiger partial charge in [-0.15, -0.1) is 0 Å². The highest BCUT2D eigenvalue weighted by Crippen LogP contribution is 2.30. The second kappa shape index (κ2) is 20.3. The van der Waals surface area contributed by atoms with Crippen LogP contribution in [0.25, 0.3) is 0 Å². The normalized spacial score (nSPS) is 19.4. The van der Waals surface area contributed by atoms with Crippen molar-refractivity contribution in [2.75, 3.05) is 41.4 Å². The van der Waals surface area contributed by atoms with Crippen molar-refractivity contribution >= 4 is 29.6 Å². The van der Waals surface area contributed by atoms with Crippen LogP contribution >= 0.6 is 0 Å². The molecule has 1 heterocycles. The highest BCUT2D eigenvalue weighted by molar-refractivity contribution is 5.88. The van der Waals surface area contributed by atoms with E-state index in [2.05, 4.69) is 16.0 Å². The van der Waals surface area contributed by atoms with E-state index < -0.39 is 48.1 Å². The number of ether oxygens (including phenoxy) is 2. The van der Waals surface area contributed by atoms with Gasteiger partial charge in [0.25, 0.3) is 0 Å². The fourth-order valence-electron chi connectivity index (χ4n) is 7.23.